The highest BCUT2D eigenvalue weighted by Gasteiger charge is 2.20. The molecule has 1 aliphatic rings. The average Bonchev–Trinajstić information content (AvgIpc) is 2.36. The molecular weight excluding hydrogens is 228 g/mol. The molecule has 1 heterocycles. The number of phenolic OH excluding ortho intramolecular Hbond substituents is 1. The molecule has 4 nitrogen and oxygen atoms in total. The second-order valence-electron chi connectivity index (χ2n) is 5.05. The summed E-state index contributed by atoms with van der Waals surface area (Å²) in [5.74, 6) is 0.914. The molecule has 18 heavy (non-hydrogen) atoms. The molecule has 0 radical (unpaired) electrons. The van der Waals surface area contributed by atoms with Crippen molar-refractivity contribution in [3.05, 3.63) is 23.8 Å². The molecule has 2 N–H and O–H groups in total. The predicted octanol–water partition coefficient (Wildman–Crippen LogP) is 2.96. The lowest BCUT2D eigenvalue weighted by molar-refractivity contribution is 0.186. The zero-order chi connectivity index (χ0) is 13.1. The van der Waals surface area contributed by atoms with E-state index in [0.717, 1.165) is 25.9 Å². The average molecular weight is 248 g/mol. The van der Waals surface area contributed by atoms with Crippen molar-refractivity contribution in [3.8, 4) is 5.75 Å². The summed E-state index contributed by atoms with van der Waals surface area (Å²) in [5.41, 5.74) is 1.38. The number of amides is 2. The van der Waals surface area contributed by atoms with Gasteiger partial charge in [0, 0.05) is 24.3 Å². The normalized spacial score (nSPS) is 16.7. The van der Waals surface area contributed by atoms with Crippen molar-refractivity contribution < 1.29 is 9.90 Å². The molecular formula is C14H20N2O2. The summed E-state index contributed by atoms with van der Waals surface area (Å²) >= 11 is 0. The van der Waals surface area contributed by atoms with Gasteiger partial charge in [0.25, 0.3) is 0 Å². The number of anilines is 1. The Hall–Kier alpha value is -1.71. The Morgan fingerprint density at radius 3 is 2.72 bits per heavy atom. The van der Waals surface area contributed by atoms with Gasteiger partial charge in [0.1, 0.15) is 5.75 Å². The van der Waals surface area contributed by atoms with Gasteiger partial charge < -0.3 is 15.3 Å². The van der Waals surface area contributed by atoms with Crippen LogP contribution in [0.4, 0.5) is 10.5 Å². The van der Waals surface area contributed by atoms with E-state index in [1.807, 2.05) is 4.90 Å². The van der Waals surface area contributed by atoms with Crippen LogP contribution in [-0.4, -0.2) is 29.1 Å². The van der Waals surface area contributed by atoms with Gasteiger partial charge in [0.05, 0.1) is 0 Å². The van der Waals surface area contributed by atoms with E-state index in [4.69, 9.17) is 0 Å². The van der Waals surface area contributed by atoms with Gasteiger partial charge >= 0.3 is 6.03 Å². The number of piperidine rings is 1. The highest BCUT2D eigenvalue weighted by Crippen LogP contribution is 2.24. The van der Waals surface area contributed by atoms with Crippen LogP contribution < -0.4 is 5.32 Å². The van der Waals surface area contributed by atoms with Gasteiger partial charge in [0.15, 0.2) is 0 Å². The minimum atomic E-state index is -0.0735. The van der Waals surface area contributed by atoms with E-state index in [1.165, 1.54) is 0 Å². The standard InChI is InChI=1S/C14H20N2O2/c1-10-6-8-16(9-7-10)14(18)15-12-4-3-5-13(17)11(12)2/h3-5,10,17H,6-9H2,1-2H3,(H,15,18). The first-order chi connectivity index (χ1) is 8.58. The summed E-state index contributed by atoms with van der Waals surface area (Å²) in [6.45, 7) is 5.63. The number of carbonyl (C=O) groups excluding carboxylic acids is 1. The van der Waals surface area contributed by atoms with Crippen LogP contribution in [0.15, 0.2) is 18.2 Å². The lowest BCUT2D eigenvalue weighted by Gasteiger charge is -2.30. The maximum Gasteiger partial charge on any atom is 0.321 e. The molecule has 1 saturated heterocycles. The van der Waals surface area contributed by atoms with E-state index in [1.54, 1.807) is 25.1 Å². The number of benzene rings is 1. The number of nitrogens with zero attached hydrogens (tertiary/aromatic N) is 1. The molecule has 1 aromatic rings. The second kappa shape index (κ2) is 5.29. The molecule has 0 aliphatic carbocycles. The number of aromatic hydroxyl groups is 1. The van der Waals surface area contributed by atoms with Crippen molar-refractivity contribution >= 4 is 11.7 Å². The van der Waals surface area contributed by atoms with Gasteiger partial charge in [-0.25, -0.2) is 4.79 Å². The molecule has 0 saturated carbocycles. The van der Waals surface area contributed by atoms with E-state index in [-0.39, 0.29) is 11.8 Å². The fourth-order valence-electron chi connectivity index (χ4n) is 2.16. The van der Waals surface area contributed by atoms with Crippen molar-refractivity contribution in [2.45, 2.75) is 26.7 Å². The highest BCUT2D eigenvalue weighted by molar-refractivity contribution is 5.90. The van der Waals surface area contributed by atoms with E-state index < -0.39 is 0 Å². The zero-order valence-electron chi connectivity index (χ0n) is 10.9. The Kier molecular flexibility index (Phi) is 3.75. The minimum absolute atomic E-state index is 0.0735. The van der Waals surface area contributed by atoms with Crippen molar-refractivity contribution in [2.24, 2.45) is 5.92 Å². The number of nitrogens with one attached hydrogen (secondary N) is 1. The van der Waals surface area contributed by atoms with Gasteiger partial charge in [-0.1, -0.05) is 13.0 Å². The van der Waals surface area contributed by atoms with E-state index >= 15 is 0 Å². The third-order valence-electron chi connectivity index (χ3n) is 3.62. The van der Waals surface area contributed by atoms with Crippen LogP contribution in [0, 0.1) is 12.8 Å². The van der Waals surface area contributed by atoms with E-state index in [2.05, 4.69) is 12.2 Å². The minimum Gasteiger partial charge on any atom is -0.508 e. The third-order valence-corrected chi connectivity index (χ3v) is 3.62. The van der Waals surface area contributed by atoms with Crippen LogP contribution in [0.2, 0.25) is 0 Å². The molecule has 1 aromatic carbocycles. The largest absolute Gasteiger partial charge is 0.508 e. The Labute approximate surface area is 108 Å². The summed E-state index contributed by atoms with van der Waals surface area (Å²) in [6.07, 6.45) is 2.12. The lowest BCUT2D eigenvalue weighted by atomic mass is 10.00. The van der Waals surface area contributed by atoms with Gasteiger partial charge in [-0.05, 0) is 37.8 Å². The number of phenols is 1. The number of rotatable bonds is 1. The molecule has 0 aromatic heterocycles. The summed E-state index contributed by atoms with van der Waals surface area (Å²) < 4.78 is 0. The molecule has 0 spiro atoms. The smallest absolute Gasteiger partial charge is 0.321 e. The topological polar surface area (TPSA) is 52.6 Å². The first-order valence-electron chi connectivity index (χ1n) is 6.42. The van der Waals surface area contributed by atoms with Crippen LogP contribution in [0.3, 0.4) is 0 Å². The van der Waals surface area contributed by atoms with E-state index in [9.17, 15) is 9.90 Å². The van der Waals surface area contributed by atoms with Crippen LogP contribution >= 0.6 is 0 Å². The Morgan fingerprint density at radius 1 is 1.39 bits per heavy atom. The first-order valence-corrected chi connectivity index (χ1v) is 6.42. The molecule has 1 aliphatic heterocycles. The third kappa shape index (κ3) is 2.75. The maximum atomic E-state index is 12.1. The van der Waals surface area contributed by atoms with Crippen molar-refractivity contribution in [1.82, 2.24) is 4.90 Å². The van der Waals surface area contributed by atoms with Crippen LogP contribution in [0.5, 0.6) is 5.75 Å². The molecule has 0 unspecified atom stereocenters. The summed E-state index contributed by atoms with van der Waals surface area (Å²) in [5, 5.41) is 12.5. The summed E-state index contributed by atoms with van der Waals surface area (Å²) in [6, 6.07) is 5.08. The Morgan fingerprint density at radius 2 is 2.06 bits per heavy atom. The molecule has 98 valence electrons. The van der Waals surface area contributed by atoms with Gasteiger partial charge in [-0.3, -0.25) is 0 Å². The van der Waals surface area contributed by atoms with Crippen LogP contribution in [0.1, 0.15) is 25.3 Å². The number of hydrogen-bond donors (Lipinski definition) is 2. The fourth-order valence-corrected chi connectivity index (χ4v) is 2.16. The highest BCUT2D eigenvalue weighted by atomic mass is 16.3. The molecule has 4 heteroatoms. The van der Waals surface area contributed by atoms with Crippen LogP contribution in [0.25, 0.3) is 0 Å². The Balaban J connectivity index is 2.01. The molecule has 2 rings (SSSR count). The van der Waals surface area contributed by atoms with E-state index in [0.29, 0.717) is 17.2 Å². The Bertz CT molecular complexity index is 437. The summed E-state index contributed by atoms with van der Waals surface area (Å²) in [4.78, 5) is 13.9. The number of hydrogen-bond acceptors (Lipinski definition) is 2. The monoisotopic (exact) mass is 248 g/mol. The van der Waals surface area contributed by atoms with Crippen LogP contribution in [-0.2, 0) is 0 Å². The number of carbonyl (C=O) groups is 1. The van der Waals surface area contributed by atoms with Gasteiger partial charge in [-0.15, -0.1) is 0 Å². The molecule has 0 bridgehead atoms. The molecule has 1 fully saturated rings. The number of urea groups is 1. The lowest BCUT2D eigenvalue weighted by Crippen LogP contribution is -2.40. The quantitative estimate of drug-likeness (QED) is 0.802. The molecule has 0 atom stereocenters. The second-order valence-corrected chi connectivity index (χ2v) is 5.05. The fraction of sp³-hybridized carbons (Fsp3) is 0.500. The maximum absolute atomic E-state index is 12.1. The summed E-state index contributed by atoms with van der Waals surface area (Å²) in [7, 11) is 0. The predicted molar refractivity (Wildman–Crippen MR) is 71.8 cm³/mol. The SMILES string of the molecule is Cc1c(O)cccc1NC(=O)N1CCC(C)CC1. The molecule has 2 amide bonds. The number of likely N-dealkylation sites (tertiary alicyclic amines) is 1. The van der Waals surface area contributed by atoms with Gasteiger partial charge in [0.2, 0.25) is 0 Å². The van der Waals surface area contributed by atoms with Crippen molar-refractivity contribution in [2.75, 3.05) is 18.4 Å². The van der Waals surface area contributed by atoms with Gasteiger partial charge in [-0.2, -0.15) is 0 Å². The first kappa shape index (κ1) is 12.7. The zero-order valence-corrected chi connectivity index (χ0v) is 10.9. The van der Waals surface area contributed by atoms with Crippen molar-refractivity contribution in [1.29, 1.82) is 0 Å². The van der Waals surface area contributed by atoms with Crippen molar-refractivity contribution in [3.63, 3.8) is 0 Å².